The van der Waals surface area contributed by atoms with Crippen molar-refractivity contribution >= 4 is 45.6 Å². The molecule has 0 bridgehead atoms. The second-order valence-corrected chi connectivity index (χ2v) is 9.77. The highest BCUT2D eigenvalue weighted by Gasteiger charge is 2.57. The SMILES string of the molecule is CN(C)C/C=C/C(=O)Nc1cc2c(Nc3ccc(F)c(Cl)c3)ncnc2cc1C#C[C@]12COC[C@H]1C2. The number of amides is 1. The molecule has 1 saturated heterocycles. The Kier molecular flexibility index (Phi) is 6.63. The van der Waals surface area contributed by atoms with Crippen LogP contribution in [-0.2, 0) is 9.53 Å². The van der Waals surface area contributed by atoms with E-state index in [0.717, 1.165) is 13.0 Å². The molecule has 3 aromatic rings. The molecule has 7 nitrogen and oxygen atoms in total. The van der Waals surface area contributed by atoms with Crippen molar-refractivity contribution in [3.8, 4) is 11.8 Å². The first-order valence-corrected chi connectivity index (χ1v) is 11.9. The number of halogens is 2. The fourth-order valence-corrected chi connectivity index (χ4v) is 4.39. The van der Waals surface area contributed by atoms with Crippen LogP contribution in [-0.4, -0.2) is 54.6 Å². The van der Waals surface area contributed by atoms with Gasteiger partial charge in [-0.25, -0.2) is 14.4 Å². The molecule has 2 N–H and O–H groups in total. The smallest absolute Gasteiger partial charge is 0.248 e. The molecule has 1 saturated carbocycles. The molecule has 2 aliphatic rings. The summed E-state index contributed by atoms with van der Waals surface area (Å²) in [6.07, 6.45) is 5.78. The average molecular weight is 506 g/mol. The van der Waals surface area contributed by atoms with E-state index < -0.39 is 5.82 Å². The number of nitrogens with one attached hydrogen (secondary N) is 2. The van der Waals surface area contributed by atoms with Gasteiger partial charge in [-0.2, -0.15) is 0 Å². The highest BCUT2D eigenvalue weighted by Crippen LogP contribution is 2.56. The van der Waals surface area contributed by atoms with E-state index in [-0.39, 0.29) is 16.3 Å². The Balaban J connectivity index is 1.51. The van der Waals surface area contributed by atoms with E-state index in [1.807, 2.05) is 25.1 Å². The highest BCUT2D eigenvalue weighted by atomic mass is 35.5. The molecule has 0 spiro atoms. The number of benzene rings is 2. The number of hydrogen-bond donors (Lipinski definition) is 2. The minimum absolute atomic E-state index is 0.00188. The number of nitrogens with zero attached hydrogens (tertiary/aromatic N) is 3. The number of carbonyl (C=O) groups is 1. The first-order valence-electron chi connectivity index (χ1n) is 11.6. The molecule has 1 aromatic heterocycles. The van der Waals surface area contributed by atoms with Gasteiger partial charge in [0.25, 0.3) is 0 Å². The first kappa shape index (κ1) is 24.2. The zero-order chi connectivity index (χ0) is 25.3. The monoisotopic (exact) mass is 505 g/mol. The van der Waals surface area contributed by atoms with Gasteiger partial charge in [-0.05, 0) is 50.8 Å². The quantitative estimate of drug-likeness (QED) is 0.376. The van der Waals surface area contributed by atoms with Crippen LogP contribution >= 0.6 is 11.6 Å². The number of ether oxygens (including phenoxy) is 1. The Bertz CT molecular complexity index is 1430. The lowest BCUT2D eigenvalue weighted by Crippen LogP contribution is -2.13. The van der Waals surface area contributed by atoms with Crippen molar-refractivity contribution in [2.24, 2.45) is 11.3 Å². The maximum atomic E-state index is 13.6. The number of rotatable bonds is 6. The number of aromatic nitrogens is 2. The van der Waals surface area contributed by atoms with Crippen molar-refractivity contribution in [2.75, 3.05) is 44.5 Å². The van der Waals surface area contributed by atoms with Crippen molar-refractivity contribution in [3.05, 3.63) is 65.2 Å². The summed E-state index contributed by atoms with van der Waals surface area (Å²) in [6.45, 7) is 2.04. The summed E-state index contributed by atoms with van der Waals surface area (Å²) in [5.74, 6) is 6.88. The third-order valence-electron chi connectivity index (χ3n) is 6.31. The zero-order valence-electron chi connectivity index (χ0n) is 19.9. The van der Waals surface area contributed by atoms with Crippen LogP contribution in [0, 0.1) is 29.0 Å². The molecule has 2 fully saturated rings. The Morgan fingerprint density at radius 1 is 1.33 bits per heavy atom. The second kappa shape index (κ2) is 9.86. The minimum atomic E-state index is -0.504. The summed E-state index contributed by atoms with van der Waals surface area (Å²) in [4.78, 5) is 23.4. The molecular formula is C27H25ClFN5O2. The van der Waals surface area contributed by atoms with Gasteiger partial charge in [0.1, 0.15) is 18.0 Å². The van der Waals surface area contributed by atoms with E-state index >= 15 is 0 Å². The average Bonchev–Trinajstić information content (AvgIpc) is 3.38. The van der Waals surface area contributed by atoms with Gasteiger partial charge in [0.2, 0.25) is 5.91 Å². The molecule has 5 rings (SSSR count). The standard InChI is InChI=1S/C27H25ClFN5O2/c1-34(2)9-3-4-25(35)33-23-12-20-24(10-17(23)7-8-27-13-18(27)14-36-15-27)30-16-31-26(20)32-19-5-6-22(29)21(28)11-19/h3-6,10-12,16,18H,9,13-15H2,1-2H3,(H,33,35)(H,30,31,32)/b4-3+/t18-,27+/m1/s1. The molecule has 1 aliphatic heterocycles. The highest BCUT2D eigenvalue weighted by molar-refractivity contribution is 6.31. The van der Waals surface area contributed by atoms with E-state index in [4.69, 9.17) is 16.3 Å². The van der Waals surface area contributed by atoms with Gasteiger partial charge in [0.15, 0.2) is 0 Å². The van der Waals surface area contributed by atoms with Gasteiger partial charge in [-0.15, -0.1) is 0 Å². The largest absolute Gasteiger partial charge is 0.380 e. The molecule has 0 unspecified atom stereocenters. The number of carbonyl (C=O) groups excluding carboxylic acids is 1. The van der Waals surface area contributed by atoms with Gasteiger partial charge in [-0.1, -0.05) is 29.5 Å². The molecule has 36 heavy (non-hydrogen) atoms. The Morgan fingerprint density at radius 3 is 2.92 bits per heavy atom. The molecule has 1 aliphatic carbocycles. The minimum Gasteiger partial charge on any atom is -0.380 e. The summed E-state index contributed by atoms with van der Waals surface area (Å²) in [7, 11) is 3.86. The van der Waals surface area contributed by atoms with Gasteiger partial charge in [0.05, 0.1) is 40.4 Å². The predicted molar refractivity (Wildman–Crippen MR) is 139 cm³/mol. The maximum absolute atomic E-state index is 13.6. The van der Waals surface area contributed by atoms with E-state index in [0.29, 0.717) is 52.7 Å². The number of anilines is 3. The second-order valence-electron chi connectivity index (χ2n) is 9.37. The zero-order valence-corrected chi connectivity index (χ0v) is 20.7. The van der Waals surface area contributed by atoms with Gasteiger partial charge in [-0.3, -0.25) is 4.79 Å². The first-order chi connectivity index (χ1) is 17.3. The van der Waals surface area contributed by atoms with E-state index in [9.17, 15) is 9.18 Å². The predicted octanol–water partition coefficient (Wildman–Crippen LogP) is 4.61. The summed E-state index contributed by atoms with van der Waals surface area (Å²) in [6, 6.07) is 7.98. The molecule has 184 valence electrons. The third-order valence-corrected chi connectivity index (χ3v) is 6.60. The number of hydrogen-bond acceptors (Lipinski definition) is 6. The molecule has 2 heterocycles. The molecule has 1 amide bonds. The van der Waals surface area contributed by atoms with Crippen molar-refractivity contribution in [1.82, 2.24) is 14.9 Å². The van der Waals surface area contributed by atoms with Gasteiger partial charge >= 0.3 is 0 Å². The summed E-state index contributed by atoms with van der Waals surface area (Å²) < 4.78 is 19.2. The van der Waals surface area contributed by atoms with Crippen LogP contribution < -0.4 is 10.6 Å². The van der Waals surface area contributed by atoms with Crippen LogP contribution in [0.15, 0.2) is 48.8 Å². The van der Waals surface area contributed by atoms with Crippen LogP contribution in [0.5, 0.6) is 0 Å². The van der Waals surface area contributed by atoms with Crippen molar-refractivity contribution in [2.45, 2.75) is 6.42 Å². The lowest BCUT2D eigenvalue weighted by Gasteiger charge is -2.12. The van der Waals surface area contributed by atoms with Crippen LogP contribution in [0.3, 0.4) is 0 Å². The molecule has 0 radical (unpaired) electrons. The van der Waals surface area contributed by atoms with Crippen molar-refractivity contribution in [3.63, 3.8) is 0 Å². The van der Waals surface area contributed by atoms with Crippen LogP contribution in [0.4, 0.5) is 21.6 Å². The van der Waals surface area contributed by atoms with Gasteiger partial charge in [0, 0.05) is 29.6 Å². The van der Waals surface area contributed by atoms with Gasteiger partial charge < -0.3 is 20.3 Å². The van der Waals surface area contributed by atoms with Crippen molar-refractivity contribution < 1.29 is 13.9 Å². The number of fused-ring (bicyclic) bond motifs is 2. The topological polar surface area (TPSA) is 79.4 Å². The van der Waals surface area contributed by atoms with Crippen LogP contribution in [0.1, 0.15) is 12.0 Å². The Hall–Kier alpha value is -3.51. The fourth-order valence-electron chi connectivity index (χ4n) is 4.21. The summed E-state index contributed by atoms with van der Waals surface area (Å²) >= 11 is 5.94. The fraction of sp³-hybridized carbons (Fsp3) is 0.296. The lowest BCUT2D eigenvalue weighted by molar-refractivity contribution is -0.111. The summed E-state index contributed by atoms with van der Waals surface area (Å²) in [5, 5.41) is 6.79. The van der Waals surface area contributed by atoms with E-state index in [2.05, 4.69) is 32.4 Å². The number of likely N-dealkylation sites (N-methyl/N-ethyl adjacent to an activating group) is 1. The maximum Gasteiger partial charge on any atom is 0.248 e. The third kappa shape index (κ3) is 5.19. The molecule has 9 heteroatoms. The van der Waals surface area contributed by atoms with E-state index in [1.165, 1.54) is 24.5 Å². The van der Waals surface area contributed by atoms with Crippen LogP contribution in [0.2, 0.25) is 5.02 Å². The normalized spacial score (nSPS) is 20.3. The Labute approximate surface area is 213 Å². The Morgan fingerprint density at radius 2 is 2.19 bits per heavy atom. The molecule has 2 atom stereocenters. The molecular weight excluding hydrogens is 481 g/mol. The van der Waals surface area contributed by atoms with Crippen LogP contribution in [0.25, 0.3) is 10.9 Å². The van der Waals surface area contributed by atoms with E-state index in [1.54, 1.807) is 18.2 Å². The van der Waals surface area contributed by atoms with Crippen molar-refractivity contribution in [1.29, 1.82) is 0 Å². The molecule has 2 aromatic carbocycles. The lowest BCUT2D eigenvalue weighted by atomic mass is 10.0. The summed E-state index contributed by atoms with van der Waals surface area (Å²) in [5.41, 5.74) is 2.36.